The lowest BCUT2D eigenvalue weighted by atomic mass is 10.2. The molecular formula is C9H11Cl2NO. The molecule has 0 heterocycles. The number of nitrogens with one attached hydrogen (secondary N) is 1. The molecule has 0 aliphatic carbocycles. The van der Waals surface area contributed by atoms with Gasteiger partial charge in [0.2, 0.25) is 0 Å². The number of aryl methyl sites for hydroxylation is 1. The van der Waals surface area contributed by atoms with Crippen molar-refractivity contribution in [1.29, 1.82) is 0 Å². The van der Waals surface area contributed by atoms with Crippen molar-refractivity contribution in [2.45, 2.75) is 6.92 Å². The summed E-state index contributed by atoms with van der Waals surface area (Å²) in [6.45, 7) is 2.44. The van der Waals surface area contributed by atoms with Crippen LogP contribution in [0.25, 0.3) is 0 Å². The predicted octanol–water partition coefficient (Wildman–Crippen LogP) is 2.71. The highest BCUT2D eigenvalue weighted by Crippen LogP contribution is 2.32. The number of aliphatic hydroxyl groups excluding tert-OH is 1. The summed E-state index contributed by atoms with van der Waals surface area (Å²) in [4.78, 5) is 0. The van der Waals surface area contributed by atoms with E-state index in [4.69, 9.17) is 28.3 Å². The topological polar surface area (TPSA) is 32.3 Å². The van der Waals surface area contributed by atoms with Crippen molar-refractivity contribution in [2.24, 2.45) is 0 Å². The monoisotopic (exact) mass is 219 g/mol. The molecule has 0 fully saturated rings. The van der Waals surface area contributed by atoms with Crippen LogP contribution in [0.4, 0.5) is 5.69 Å². The smallest absolute Gasteiger partial charge is 0.0826 e. The Morgan fingerprint density at radius 1 is 1.31 bits per heavy atom. The summed E-state index contributed by atoms with van der Waals surface area (Å²) in [5.41, 5.74) is 1.70. The first kappa shape index (κ1) is 10.6. The summed E-state index contributed by atoms with van der Waals surface area (Å²) in [6, 6.07) is 3.73. The van der Waals surface area contributed by atoms with Crippen molar-refractivity contribution >= 4 is 28.9 Å². The first-order chi connectivity index (χ1) is 6.16. The Morgan fingerprint density at radius 3 is 2.62 bits per heavy atom. The van der Waals surface area contributed by atoms with Crippen LogP contribution in [0, 0.1) is 6.92 Å². The molecule has 0 amide bonds. The number of aliphatic hydroxyl groups is 1. The molecule has 13 heavy (non-hydrogen) atoms. The van der Waals surface area contributed by atoms with Gasteiger partial charge in [-0.05, 0) is 18.6 Å². The average molecular weight is 220 g/mol. The summed E-state index contributed by atoms with van der Waals surface area (Å²) in [5.74, 6) is 0. The van der Waals surface area contributed by atoms with E-state index in [9.17, 15) is 0 Å². The van der Waals surface area contributed by atoms with Crippen LogP contribution in [-0.2, 0) is 0 Å². The number of hydrogen-bond acceptors (Lipinski definition) is 2. The second-order valence-electron chi connectivity index (χ2n) is 2.71. The van der Waals surface area contributed by atoms with Crippen LogP contribution in [0.3, 0.4) is 0 Å². The Kier molecular flexibility index (Phi) is 3.85. The van der Waals surface area contributed by atoms with Gasteiger partial charge in [-0.3, -0.25) is 0 Å². The van der Waals surface area contributed by atoms with Crippen molar-refractivity contribution in [2.75, 3.05) is 18.5 Å². The quantitative estimate of drug-likeness (QED) is 0.820. The Bertz CT molecular complexity index is 302. The van der Waals surface area contributed by atoms with Crippen LogP contribution >= 0.6 is 23.2 Å². The number of anilines is 1. The molecule has 0 aliphatic heterocycles. The summed E-state index contributed by atoms with van der Waals surface area (Å²) in [6.07, 6.45) is 0. The largest absolute Gasteiger partial charge is 0.395 e. The molecule has 0 saturated carbocycles. The molecule has 1 aromatic carbocycles. The lowest BCUT2D eigenvalue weighted by Gasteiger charge is -2.09. The fourth-order valence-electron chi connectivity index (χ4n) is 0.973. The minimum atomic E-state index is 0.0713. The molecule has 0 bridgehead atoms. The van der Waals surface area contributed by atoms with Crippen molar-refractivity contribution in [3.63, 3.8) is 0 Å². The molecule has 72 valence electrons. The third-order valence-corrected chi connectivity index (χ3v) is 2.68. The van der Waals surface area contributed by atoms with Crippen LogP contribution in [0.2, 0.25) is 10.0 Å². The summed E-state index contributed by atoms with van der Waals surface area (Å²) in [7, 11) is 0. The van der Waals surface area contributed by atoms with E-state index >= 15 is 0 Å². The van der Waals surface area contributed by atoms with Gasteiger partial charge in [-0.2, -0.15) is 0 Å². The van der Waals surface area contributed by atoms with Gasteiger partial charge in [-0.15, -0.1) is 0 Å². The van der Waals surface area contributed by atoms with Crippen LogP contribution in [0.5, 0.6) is 0 Å². The number of halogens is 2. The van der Waals surface area contributed by atoms with E-state index < -0.39 is 0 Å². The Labute approximate surface area is 87.5 Å². The minimum Gasteiger partial charge on any atom is -0.395 e. The molecule has 0 aromatic heterocycles. The Hall–Kier alpha value is -0.440. The van der Waals surface area contributed by atoms with Gasteiger partial charge in [-0.1, -0.05) is 29.3 Å². The van der Waals surface area contributed by atoms with Crippen molar-refractivity contribution in [3.8, 4) is 0 Å². The van der Waals surface area contributed by atoms with Gasteiger partial charge in [0.15, 0.2) is 0 Å². The van der Waals surface area contributed by atoms with E-state index in [1.54, 1.807) is 0 Å². The lowest BCUT2D eigenvalue weighted by Crippen LogP contribution is -2.05. The first-order valence-corrected chi connectivity index (χ1v) is 4.71. The van der Waals surface area contributed by atoms with E-state index in [2.05, 4.69) is 5.32 Å². The van der Waals surface area contributed by atoms with Crippen molar-refractivity contribution < 1.29 is 5.11 Å². The zero-order valence-corrected chi connectivity index (χ0v) is 8.78. The summed E-state index contributed by atoms with van der Waals surface area (Å²) in [5, 5.41) is 12.6. The van der Waals surface area contributed by atoms with Crippen molar-refractivity contribution in [1.82, 2.24) is 0 Å². The molecule has 0 spiro atoms. The molecule has 2 N–H and O–H groups in total. The van der Waals surface area contributed by atoms with Gasteiger partial charge in [0.05, 0.1) is 22.3 Å². The number of rotatable bonds is 3. The van der Waals surface area contributed by atoms with Gasteiger partial charge >= 0.3 is 0 Å². The van der Waals surface area contributed by atoms with E-state index in [0.29, 0.717) is 16.6 Å². The molecule has 0 atom stereocenters. The highest BCUT2D eigenvalue weighted by Gasteiger charge is 2.05. The fraction of sp³-hybridized carbons (Fsp3) is 0.333. The Balaban J connectivity index is 2.90. The van der Waals surface area contributed by atoms with Gasteiger partial charge in [-0.25, -0.2) is 0 Å². The highest BCUT2D eigenvalue weighted by atomic mass is 35.5. The minimum absolute atomic E-state index is 0.0713. The van der Waals surface area contributed by atoms with Crippen LogP contribution < -0.4 is 5.32 Å². The third kappa shape index (κ3) is 2.50. The number of benzene rings is 1. The highest BCUT2D eigenvalue weighted by molar-refractivity contribution is 6.44. The van der Waals surface area contributed by atoms with Gasteiger partial charge in [0.25, 0.3) is 0 Å². The van der Waals surface area contributed by atoms with E-state index in [1.807, 2.05) is 19.1 Å². The van der Waals surface area contributed by atoms with E-state index in [0.717, 1.165) is 11.3 Å². The second kappa shape index (κ2) is 4.70. The van der Waals surface area contributed by atoms with Crippen LogP contribution in [-0.4, -0.2) is 18.3 Å². The summed E-state index contributed by atoms with van der Waals surface area (Å²) < 4.78 is 0. The summed E-state index contributed by atoms with van der Waals surface area (Å²) >= 11 is 11.9. The average Bonchev–Trinajstić information content (AvgIpc) is 2.13. The van der Waals surface area contributed by atoms with E-state index in [-0.39, 0.29) is 6.61 Å². The molecule has 0 saturated heterocycles. The first-order valence-electron chi connectivity index (χ1n) is 3.96. The van der Waals surface area contributed by atoms with Gasteiger partial charge < -0.3 is 10.4 Å². The molecule has 0 aliphatic rings. The maximum Gasteiger partial charge on any atom is 0.0826 e. The maximum absolute atomic E-state index is 8.60. The molecule has 0 radical (unpaired) electrons. The second-order valence-corrected chi connectivity index (χ2v) is 3.46. The molecular weight excluding hydrogens is 209 g/mol. The van der Waals surface area contributed by atoms with Crippen LogP contribution in [0.15, 0.2) is 12.1 Å². The normalized spacial score (nSPS) is 10.2. The fourth-order valence-corrected chi connectivity index (χ4v) is 1.42. The zero-order chi connectivity index (χ0) is 9.84. The van der Waals surface area contributed by atoms with E-state index in [1.165, 1.54) is 0 Å². The van der Waals surface area contributed by atoms with Gasteiger partial charge in [0, 0.05) is 6.54 Å². The van der Waals surface area contributed by atoms with Gasteiger partial charge in [0.1, 0.15) is 0 Å². The molecule has 0 unspecified atom stereocenters. The molecule has 4 heteroatoms. The van der Waals surface area contributed by atoms with Crippen LogP contribution in [0.1, 0.15) is 5.56 Å². The zero-order valence-electron chi connectivity index (χ0n) is 7.27. The Morgan fingerprint density at radius 2 is 2.00 bits per heavy atom. The third-order valence-electron chi connectivity index (χ3n) is 1.70. The number of hydrogen-bond donors (Lipinski definition) is 2. The van der Waals surface area contributed by atoms with Crippen molar-refractivity contribution in [3.05, 3.63) is 27.7 Å². The molecule has 2 nitrogen and oxygen atoms in total. The maximum atomic E-state index is 8.60. The SMILES string of the molecule is Cc1ccc(NCCO)c(Cl)c1Cl. The molecule has 1 aromatic rings. The molecule has 1 rings (SSSR count). The lowest BCUT2D eigenvalue weighted by molar-refractivity contribution is 0.311. The predicted molar refractivity (Wildman–Crippen MR) is 56.8 cm³/mol. The standard InChI is InChI=1S/C9H11Cl2NO/c1-6-2-3-7(12-4-5-13)9(11)8(6)10/h2-3,12-13H,4-5H2,1H3.